The van der Waals surface area contributed by atoms with Gasteiger partial charge in [0, 0.05) is 6.07 Å². The van der Waals surface area contributed by atoms with Gasteiger partial charge < -0.3 is 0 Å². The first-order valence-electron chi connectivity index (χ1n) is 3.49. The highest BCUT2D eigenvalue weighted by Crippen LogP contribution is 2.19. The molecule has 0 spiro atoms. The summed E-state index contributed by atoms with van der Waals surface area (Å²) in [4.78, 5) is 14.8. The molecule has 0 aliphatic heterocycles. The fourth-order valence-electron chi connectivity index (χ4n) is 1.04. The van der Waals surface area contributed by atoms with E-state index in [4.69, 9.17) is 34.8 Å². The molecule has 0 fully saturated rings. The van der Waals surface area contributed by atoms with Crippen molar-refractivity contribution in [3.05, 3.63) is 28.1 Å². The number of hydrogen-bond donors (Lipinski definition) is 0. The SMILES string of the molecule is O=C(Cl)c1cnn2c(Cl)cc(Cl)nc12. The highest BCUT2D eigenvalue weighted by molar-refractivity contribution is 6.68. The Morgan fingerprint density at radius 1 is 1.43 bits per heavy atom. The number of halogens is 3. The number of fused-ring (bicyclic) bond motifs is 1. The summed E-state index contributed by atoms with van der Waals surface area (Å²) in [5, 5.41) is 3.64. The van der Waals surface area contributed by atoms with Crippen LogP contribution in [0.15, 0.2) is 12.3 Å². The van der Waals surface area contributed by atoms with Gasteiger partial charge >= 0.3 is 0 Å². The minimum Gasteiger partial charge on any atom is -0.275 e. The zero-order valence-corrected chi connectivity index (χ0v) is 8.81. The Morgan fingerprint density at radius 2 is 2.14 bits per heavy atom. The van der Waals surface area contributed by atoms with Crippen molar-refractivity contribution in [3.63, 3.8) is 0 Å². The van der Waals surface area contributed by atoms with Crippen LogP contribution >= 0.6 is 34.8 Å². The van der Waals surface area contributed by atoms with Crippen molar-refractivity contribution in [2.24, 2.45) is 0 Å². The van der Waals surface area contributed by atoms with Crippen LogP contribution in [0.1, 0.15) is 10.4 Å². The van der Waals surface area contributed by atoms with Crippen molar-refractivity contribution in [1.29, 1.82) is 0 Å². The molecule has 0 atom stereocenters. The summed E-state index contributed by atoms with van der Waals surface area (Å²) in [5.41, 5.74) is 0.429. The van der Waals surface area contributed by atoms with Crippen LogP contribution in [0, 0.1) is 0 Å². The van der Waals surface area contributed by atoms with Crippen molar-refractivity contribution in [1.82, 2.24) is 14.6 Å². The smallest absolute Gasteiger partial charge is 0.257 e. The van der Waals surface area contributed by atoms with Crippen LogP contribution in [0.5, 0.6) is 0 Å². The van der Waals surface area contributed by atoms with Gasteiger partial charge in [0.05, 0.1) is 11.8 Å². The van der Waals surface area contributed by atoms with E-state index in [1.54, 1.807) is 0 Å². The molecule has 7 heteroatoms. The number of rotatable bonds is 1. The number of aromatic nitrogens is 3. The minimum absolute atomic E-state index is 0.177. The lowest BCUT2D eigenvalue weighted by atomic mass is 10.4. The average Bonchev–Trinajstić information content (AvgIpc) is 2.47. The summed E-state index contributed by atoms with van der Waals surface area (Å²) < 4.78 is 1.28. The van der Waals surface area contributed by atoms with Crippen LogP contribution in [0.25, 0.3) is 5.65 Å². The molecule has 0 radical (unpaired) electrons. The topological polar surface area (TPSA) is 47.3 Å². The van der Waals surface area contributed by atoms with Gasteiger partial charge in [-0.25, -0.2) is 9.50 Å². The van der Waals surface area contributed by atoms with Gasteiger partial charge in [0.25, 0.3) is 5.24 Å². The average molecular weight is 250 g/mol. The van der Waals surface area contributed by atoms with E-state index in [1.165, 1.54) is 16.8 Å². The largest absolute Gasteiger partial charge is 0.275 e. The zero-order chi connectivity index (χ0) is 10.3. The maximum atomic E-state index is 10.9. The molecule has 14 heavy (non-hydrogen) atoms. The van der Waals surface area contributed by atoms with Crippen LogP contribution in [0.3, 0.4) is 0 Å². The Kier molecular flexibility index (Phi) is 2.34. The first-order valence-corrected chi connectivity index (χ1v) is 4.62. The molecule has 0 saturated carbocycles. The first kappa shape index (κ1) is 9.71. The highest BCUT2D eigenvalue weighted by Gasteiger charge is 2.13. The van der Waals surface area contributed by atoms with E-state index in [9.17, 15) is 4.79 Å². The van der Waals surface area contributed by atoms with Crippen LogP contribution in [0.2, 0.25) is 10.3 Å². The Hall–Kier alpha value is -0.840. The third-order valence-corrected chi connectivity index (χ3v) is 2.28. The van der Waals surface area contributed by atoms with Crippen molar-refractivity contribution in [3.8, 4) is 0 Å². The maximum Gasteiger partial charge on any atom is 0.257 e. The van der Waals surface area contributed by atoms with Gasteiger partial charge in [0.1, 0.15) is 10.3 Å². The molecular formula is C7H2Cl3N3O. The quantitative estimate of drug-likeness (QED) is 0.577. The summed E-state index contributed by atoms with van der Waals surface area (Å²) in [6, 6.07) is 1.42. The van der Waals surface area contributed by atoms with Gasteiger partial charge in [-0.05, 0) is 11.6 Å². The second-order valence-corrected chi connectivity index (χ2v) is 3.59. The lowest BCUT2D eigenvalue weighted by Gasteiger charge is -1.97. The van der Waals surface area contributed by atoms with Crippen molar-refractivity contribution < 1.29 is 4.79 Å². The van der Waals surface area contributed by atoms with Gasteiger partial charge in [-0.1, -0.05) is 23.2 Å². The normalized spacial score (nSPS) is 10.8. The van der Waals surface area contributed by atoms with Crippen LogP contribution in [0.4, 0.5) is 0 Å². The van der Waals surface area contributed by atoms with Gasteiger partial charge in [-0.3, -0.25) is 4.79 Å². The molecule has 0 N–H and O–H groups in total. The predicted molar refractivity (Wildman–Crippen MR) is 53.2 cm³/mol. The number of carbonyl (C=O) groups excluding carboxylic acids is 1. The van der Waals surface area contributed by atoms with Crippen molar-refractivity contribution in [2.45, 2.75) is 0 Å². The third-order valence-electron chi connectivity index (χ3n) is 1.61. The summed E-state index contributed by atoms with van der Waals surface area (Å²) >= 11 is 16.8. The van der Waals surface area contributed by atoms with Crippen LogP contribution in [-0.2, 0) is 0 Å². The molecule has 2 heterocycles. The lowest BCUT2D eigenvalue weighted by molar-refractivity contribution is 0.108. The lowest BCUT2D eigenvalue weighted by Crippen LogP contribution is -1.95. The van der Waals surface area contributed by atoms with E-state index in [0.717, 1.165) is 0 Å². The second-order valence-electron chi connectivity index (χ2n) is 2.47. The van der Waals surface area contributed by atoms with E-state index in [0.29, 0.717) is 0 Å². The molecule has 0 aliphatic carbocycles. The van der Waals surface area contributed by atoms with Crippen LogP contribution < -0.4 is 0 Å². The molecule has 2 aromatic rings. The summed E-state index contributed by atoms with van der Waals surface area (Å²) in [7, 11) is 0. The van der Waals surface area contributed by atoms with E-state index in [1.807, 2.05) is 0 Å². The summed E-state index contributed by atoms with van der Waals surface area (Å²) in [6.07, 6.45) is 1.29. The van der Waals surface area contributed by atoms with E-state index in [-0.39, 0.29) is 21.5 Å². The first-order chi connectivity index (χ1) is 6.59. The van der Waals surface area contributed by atoms with Crippen molar-refractivity contribution >= 4 is 45.7 Å². The van der Waals surface area contributed by atoms with Gasteiger partial charge in [0.15, 0.2) is 5.65 Å². The molecule has 2 rings (SSSR count). The summed E-state index contributed by atoms with van der Waals surface area (Å²) in [5.74, 6) is 0. The second kappa shape index (κ2) is 3.38. The monoisotopic (exact) mass is 249 g/mol. The minimum atomic E-state index is -0.647. The Labute approximate surface area is 93.4 Å². The van der Waals surface area contributed by atoms with E-state index < -0.39 is 5.24 Å². The molecule has 0 bridgehead atoms. The molecule has 2 aromatic heterocycles. The molecule has 0 saturated heterocycles. The number of nitrogens with zero attached hydrogens (tertiary/aromatic N) is 3. The van der Waals surface area contributed by atoms with Gasteiger partial charge in [0.2, 0.25) is 0 Å². The third kappa shape index (κ3) is 1.45. The molecule has 0 aliphatic rings. The molecule has 4 nitrogen and oxygen atoms in total. The molecule has 0 amide bonds. The Bertz CT molecular complexity index is 522. The molecule has 0 unspecified atom stereocenters. The standard InChI is InChI=1S/C7H2Cl3N3O/c8-4-1-5(9)13-7(12-4)3(2-11-13)6(10)14/h1-2H. The van der Waals surface area contributed by atoms with Crippen LogP contribution in [-0.4, -0.2) is 19.8 Å². The molecule has 72 valence electrons. The number of carbonyl (C=O) groups is 1. The Morgan fingerprint density at radius 3 is 2.79 bits per heavy atom. The Balaban J connectivity index is 2.85. The number of hydrogen-bond acceptors (Lipinski definition) is 3. The molecule has 0 aromatic carbocycles. The summed E-state index contributed by atoms with van der Waals surface area (Å²) in [6.45, 7) is 0. The van der Waals surface area contributed by atoms with Gasteiger partial charge in [-0.2, -0.15) is 5.10 Å². The van der Waals surface area contributed by atoms with E-state index in [2.05, 4.69) is 10.1 Å². The zero-order valence-electron chi connectivity index (χ0n) is 6.54. The fourth-order valence-corrected chi connectivity index (χ4v) is 1.64. The molecular weight excluding hydrogens is 248 g/mol. The van der Waals surface area contributed by atoms with Crippen molar-refractivity contribution in [2.75, 3.05) is 0 Å². The fraction of sp³-hybridized carbons (Fsp3) is 0. The van der Waals surface area contributed by atoms with E-state index >= 15 is 0 Å². The maximum absolute atomic E-state index is 10.9. The van der Waals surface area contributed by atoms with Gasteiger partial charge in [-0.15, -0.1) is 0 Å². The predicted octanol–water partition coefficient (Wildman–Crippen LogP) is 2.42. The highest BCUT2D eigenvalue weighted by atomic mass is 35.5.